The number of fused-ring (bicyclic) bond motifs is 5. The Hall–Kier alpha value is -6.14. The van der Waals surface area contributed by atoms with Gasteiger partial charge in [-0.05, 0) is 77.6 Å². The van der Waals surface area contributed by atoms with Crippen LogP contribution in [0.15, 0.2) is 103 Å². The second-order valence-electron chi connectivity index (χ2n) is 15.9. The van der Waals surface area contributed by atoms with Gasteiger partial charge >= 0.3 is 18.5 Å². The second-order valence-corrected chi connectivity index (χ2v) is 16.8. The van der Waals surface area contributed by atoms with Gasteiger partial charge in [0.15, 0.2) is 5.82 Å². The number of allylic oxidation sites excluding steroid dienone is 2. The van der Waals surface area contributed by atoms with Gasteiger partial charge in [-0.2, -0.15) is 44.5 Å². The van der Waals surface area contributed by atoms with Crippen molar-refractivity contribution in [3.63, 3.8) is 0 Å². The number of aromatic nitrogens is 1. The van der Waals surface area contributed by atoms with Crippen molar-refractivity contribution >= 4 is 69.1 Å². The first kappa shape index (κ1) is 43.1. The molecule has 4 aromatic carbocycles. The second kappa shape index (κ2) is 14.7. The van der Waals surface area contributed by atoms with Crippen LogP contribution in [0.1, 0.15) is 46.6 Å². The van der Waals surface area contributed by atoms with Crippen molar-refractivity contribution in [1.82, 2.24) is 9.99 Å². The fourth-order valence-electron chi connectivity index (χ4n) is 10.0. The lowest BCUT2D eigenvalue weighted by Gasteiger charge is -2.51. The summed E-state index contributed by atoms with van der Waals surface area (Å²) in [6, 6.07) is 16.3. The Morgan fingerprint density at radius 1 is 0.734 bits per heavy atom. The number of hydrogen-bond donors (Lipinski definition) is 2. The minimum Gasteiger partial charge on any atom is -0.508 e. The summed E-state index contributed by atoms with van der Waals surface area (Å²) in [4.78, 5) is 63.5. The van der Waals surface area contributed by atoms with Gasteiger partial charge in [-0.25, -0.2) is 9.88 Å². The summed E-state index contributed by atoms with van der Waals surface area (Å²) in [7, 11) is 0. The number of alkyl halides is 9. The zero-order valence-electron chi connectivity index (χ0n) is 32.1. The molecule has 2 N–H and O–H groups in total. The van der Waals surface area contributed by atoms with Crippen LogP contribution in [0.25, 0.3) is 10.8 Å². The van der Waals surface area contributed by atoms with E-state index in [4.69, 9.17) is 23.2 Å². The number of hydrogen-bond acceptors (Lipinski definition) is 7. The molecule has 2 aliphatic heterocycles. The summed E-state index contributed by atoms with van der Waals surface area (Å²) in [5.41, 5.74) is -4.87. The first-order chi connectivity index (χ1) is 30.0. The number of imide groups is 2. The average molecular weight is 934 g/mol. The van der Waals surface area contributed by atoms with Gasteiger partial charge in [0, 0.05) is 22.7 Å². The zero-order valence-corrected chi connectivity index (χ0v) is 33.6. The number of phenols is 1. The maximum Gasteiger partial charge on any atom is 0.417 e. The highest BCUT2D eigenvalue weighted by Gasteiger charge is 2.71. The number of rotatable bonds is 5. The monoisotopic (exact) mass is 932 g/mol. The molecule has 6 atom stereocenters. The summed E-state index contributed by atoms with van der Waals surface area (Å²) >= 11 is 12.6. The Kier molecular flexibility index (Phi) is 9.91. The van der Waals surface area contributed by atoms with E-state index >= 15 is 9.59 Å². The van der Waals surface area contributed by atoms with Crippen molar-refractivity contribution in [2.75, 3.05) is 10.3 Å². The number of halogens is 11. The fourth-order valence-corrected chi connectivity index (χ4v) is 10.3. The highest BCUT2D eigenvalue weighted by molar-refractivity contribution is 6.33. The molecule has 9 rings (SSSR count). The van der Waals surface area contributed by atoms with Gasteiger partial charge in [-0.3, -0.25) is 24.6 Å². The maximum atomic E-state index is 15.5. The van der Waals surface area contributed by atoms with Gasteiger partial charge in [0.25, 0.3) is 11.8 Å². The smallest absolute Gasteiger partial charge is 0.417 e. The van der Waals surface area contributed by atoms with Crippen LogP contribution >= 0.6 is 23.2 Å². The first-order valence-corrected chi connectivity index (χ1v) is 20.0. The normalized spacial score (nSPS) is 24.8. The molecule has 1 saturated carbocycles. The standard InChI is InChI=1S/C44H27Cl2F9N4O5/c45-24-8-6-20(7-9-24)41-30(38(62)59(40(41)64)57-36-31(46)16-23(18-56-36)44(53,54)55)17-29-27(35(41)34-26-4-2-1-3-19(26)5-12-32(34)60)10-11-28-33(29)39(63)58(37(28)61)25-14-21(42(47,48)49)13-22(15-25)43(50,51)52/h1-10,12-16,18,28-30,33,35,60H,11,17H2,(H,56,57)/t28-,29+,30-,33-,35+,41+/m0/s1. The van der Waals surface area contributed by atoms with Gasteiger partial charge in [-0.1, -0.05) is 77.3 Å². The molecular weight excluding hydrogens is 906 g/mol. The third-order valence-electron chi connectivity index (χ3n) is 12.6. The molecule has 5 aromatic rings. The summed E-state index contributed by atoms with van der Waals surface area (Å²) in [5.74, 6) is -12.2. The zero-order chi connectivity index (χ0) is 46.0. The summed E-state index contributed by atoms with van der Waals surface area (Å²) in [5, 5.41) is 12.9. The molecule has 4 amide bonds. The number of nitrogens with one attached hydrogen (secondary N) is 1. The van der Waals surface area contributed by atoms with Crippen LogP contribution in [-0.4, -0.2) is 38.7 Å². The molecule has 0 radical (unpaired) electrons. The SMILES string of the molecule is O=C1[C@@H]2C[C@@H]3C(=CC[C@@H]4C(=O)N(c5cc(C(F)(F)F)cc(C(F)(F)F)c5)C(=O)[C@@H]43)[C@H](c3c(O)ccc4ccccc34)[C@]2(c2ccc(Cl)cc2)C(=O)N1Nc1ncc(C(F)(F)F)cc1Cl. The minimum atomic E-state index is -5.32. The van der Waals surface area contributed by atoms with Gasteiger partial charge in [0.1, 0.15) is 5.75 Å². The highest BCUT2D eigenvalue weighted by atomic mass is 35.5. The molecule has 2 aliphatic carbocycles. The first-order valence-electron chi connectivity index (χ1n) is 19.2. The van der Waals surface area contributed by atoms with Crippen molar-refractivity contribution in [3.8, 4) is 5.75 Å². The topological polar surface area (TPSA) is 120 Å². The Morgan fingerprint density at radius 2 is 1.38 bits per heavy atom. The van der Waals surface area contributed by atoms with Crippen LogP contribution in [0.4, 0.5) is 51.0 Å². The summed E-state index contributed by atoms with van der Waals surface area (Å²) in [6.45, 7) is 0. The molecule has 0 bridgehead atoms. The van der Waals surface area contributed by atoms with Crippen molar-refractivity contribution in [2.24, 2.45) is 23.7 Å². The van der Waals surface area contributed by atoms with Crippen LogP contribution in [0, 0.1) is 23.7 Å². The van der Waals surface area contributed by atoms with E-state index in [0.717, 1.165) is 0 Å². The number of anilines is 2. The van der Waals surface area contributed by atoms with Crippen LogP contribution in [0.5, 0.6) is 5.75 Å². The Balaban J connectivity index is 1.25. The van der Waals surface area contributed by atoms with Crippen molar-refractivity contribution in [3.05, 3.63) is 141 Å². The number of amides is 4. The largest absolute Gasteiger partial charge is 0.508 e. The number of hydrazine groups is 1. The van der Waals surface area contributed by atoms with E-state index in [1.807, 2.05) is 0 Å². The molecule has 3 heterocycles. The Morgan fingerprint density at radius 3 is 2.00 bits per heavy atom. The Bertz CT molecular complexity index is 2840. The van der Waals surface area contributed by atoms with Gasteiger partial charge < -0.3 is 5.11 Å². The third-order valence-corrected chi connectivity index (χ3v) is 13.2. The van der Waals surface area contributed by atoms with Gasteiger partial charge in [-0.15, -0.1) is 0 Å². The van der Waals surface area contributed by atoms with E-state index in [0.29, 0.717) is 28.0 Å². The average Bonchev–Trinajstić information content (AvgIpc) is 3.61. The van der Waals surface area contributed by atoms with Crippen LogP contribution in [-0.2, 0) is 43.1 Å². The molecule has 9 nitrogen and oxygen atoms in total. The van der Waals surface area contributed by atoms with E-state index in [-0.39, 0.29) is 57.0 Å². The van der Waals surface area contributed by atoms with Gasteiger partial charge in [0.05, 0.1) is 50.6 Å². The highest BCUT2D eigenvalue weighted by Crippen LogP contribution is 2.66. The van der Waals surface area contributed by atoms with Crippen molar-refractivity contribution < 1.29 is 63.8 Å². The predicted molar refractivity (Wildman–Crippen MR) is 211 cm³/mol. The molecule has 330 valence electrons. The molecule has 0 spiro atoms. The molecule has 1 aromatic heterocycles. The minimum absolute atomic E-state index is 0.0856. The number of phenolic OH excluding ortho intramolecular Hbond substituents is 1. The van der Waals surface area contributed by atoms with Crippen LogP contribution in [0.3, 0.4) is 0 Å². The number of pyridine rings is 1. The molecule has 3 fully saturated rings. The lowest BCUT2D eigenvalue weighted by molar-refractivity contribution is -0.143. The van der Waals surface area contributed by atoms with Crippen LogP contribution in [0.2, 0.25) is 10.0 Å². The van der Waals surface area contributed by atoms with Crippen LogP contribution < -0.4 is 10.3 Å². The van der Waals surface area contributed by atoms with Gasteiger partial charge in [0.2, 0.25) is 11.8 Å². The number of carbonyl (C=O) groups excluding carboxylic acids is 4. The third kappa shape index (κ3) is 6.58. The molecule has 2 saturated heterocycles. The van der Waals surface area contributed by atoms with E-state index in [9.17, 15) is 54.2 Å². The lowest BCUT2D eigenvalue weighted by Crippen LogP contribution is -2.53. The number of nitrogens with zero attached hydrogens (tertiary/aromatic N) is 3. The predicted octanol–water partition coefficient (Wildman–Crippen LogP) is 10.5. The molecule has 4 aliphatic rings. The molecule has 0 unspecified atom stereocenters. The summed E-state index contributed by atoms with van der Waals surface area (Å²) in [6.07, 6.45) is -14.3. The molecule has 64 heavy (non-hydrogen) atoms. The van der Waals surface area contributed by atoms with E-state index < -0.39 is 117 Å². The Labute approximate surface area is 365 Å². The molecule has 20 heteroatoms. The summed E-state index contributed by atoms with van der Waals surface area (Å²) < 4.78 is 125. The van der Waals surface area contributed by atoms with Crippen molar-refractivity contribution in [1.29, 1.82) is 0 Å². The quantitative estimate of drug-likeness (QED) is 0.102. The van der Waals surface area contributed by atoms with E-state index in [1.54, 1.807) is 30.3 Å². The number of benzene rings is 4. The molecular formula is C44H27Cl2F9N4O5. The number of aromatic hydroxyl groups is 1. The lowest BCUT2D eigenvalue weighted by atomic mass is 9.48. The number of carbonyl (C=O) groups is 4. The van der Waals surface area contributed by atoms with E-state index in [1.165, 1.54) is 36.4 Å². The fraction of sp³-hybridized carbons (Fsp3) is 0.250. The van der Waals surface area contributed by atoms with Crippen molar-refractivity contribution in [2.45, 2.75) is 42.7 Å². The van der Waals surface area contributed by atoms with E-state index in [2.05, 4.69) is 10.4 Å². The maximum absolute atomic E-state index is 15.5.